The maximum Gasteiger partial charge on any atom is 0.306 e. The zero-order valence-corrected chi connectivity index (χ0v) is 16.1. The molecule has 144 valence electrons. The van der Waals surface area contributed by atoms with Crippen LogP contribution in [0.4, 0.5) is 0 Å². The number of unbranched alkanes of at least 4 members (excludes halogenated alkanes) is 3. The molecule has 2 unspecified atom stereocenters. The lowest BCUT2D eigenvalue weighted by Gasteiger charge is -2.28. The fourth-order valence-electron chi connectivity index (χ4n) is 1.70. The summed E-state index contributed by atoms with van der Waals surface area (Å²) < 4.78 is 26.6. The Morgan fingerprint density at radius 3 is 2.42 bits per heavy atom. The number of likely N-dealkylation sites (N-methyl/N-ethyl adjacent to an activating group) is 1. The fourth-order valence-corrected chi connectivity index (χ4v) is 2.43. The molecule has 24 heavy (non-hydrogen) atoms. The van der Waals surface area contributed by atoms with Crippen LogP contribution in [-0.2, 0) is 23.1 Å². The first kappa shape index (κ1) is 23.5. The summed E-state index contributed by atoms with van der Waals surface area (Å²) in [5, 5.41) is 9.17. The fraction of sp³-hybridized carbons (Fsp3) is 0.933. The van der Waals surface area contributed by atoms with Crippen molar-refractivity contribution in [3.05, 3.63) is 0 Å². The van der Waals surface area contributed by atoms with Crippen LogP contribution in [0, 0.1) is 0 Å². The van der Waals surface area contributed by atoms with Gasteiger partial charge in [-0.2, -0.15) is 0 Å². The summed E-state index contributed by atoms with van der Waals surface area (Å²) in [4.78, 5) is 23.2. The van der Waals surface area contributed by atoms with Gasteiger partial charge in [-0.25, -0.2) is 0 Å². The van der Waals surface area contributed by atoms with E-state index >= 15 is 0 Å². The smallest absolute Gasteiger partial charge is 0.306 e. The van der Waals surface area contributed by atoms with Crippen LogP contribution in [0.3, 0.4) is 0 Å². The topological polar surface area (TPSA) is 105 Å². The second kappa shape index (κ2) is 12.0. The summed E-state index contributed by atoms with van der Waals surface area (Å²) in [6.45, 7) is 1.58. The van der Waals surface area contributed by atoms with Gasteiger partial charge in [-0.15, -0.1) is 0 Å². The molecule has 0 aliphatic carbocycles. The highest BCUT2D eigenvalue weighted by atomic mass is 31.2. The molecule has 0 aromatic heterocycles. The van der Waals surface area contributed by atoms with Gasteiger partial charge in [0.15, 0.2) is 0 Å². The summed E-state index contributed by atoms with van der Waals surface area (Å²) in [5.74, 6) is -0.472. The van der Waals surface area contributed by atoms with E-state index in [1.807, 2.05) is 21.1 Å². The summed E-state index contributed by atoms with van der Waals surface area (Å²) in [6.07, 6.45) is 2.97. The van der Waals surface area contributed by atoms with Crippen LogP contribution < -0.4 is 4.89 Å². The van der Waals surface area contributed by atoms with Gasteiger partial charge >= 0.3 is 5.97 Å². The van der Waals surface area contributed by atoms with Crippen LogP contribution in [0.2, 0.25) is 0 Å². The van der Waals surface area contributed by atoms with E-state index in [9.17, 15) is 19.4 Å². The van der Waals surface area contributed by atoms with Gasteiger partial charge < -0.3 is 28.3 Å². The van der Waals surface area contributed by atoms with Crippen LogP contribution in [0.5, 0.6) is 0 Å². The molecular weight excluding hydrogens is 337 g/mol. The maximum absolute atomic E-state index is 11.6. The zero-order valence-electron chi connectivity index (χ0n) is 15.2. The van der Waals surface area contributed by atoms with E-state index in [-0.39, 0.29) is 13.0 Å². The number of phosphoric acid groups is 1. The highest BCUT2D eigenvalue weighted by molar-refractivity contribution is 7.45. The minimum absolute atomic E-state index is 0.00865. The van der Waals surface area contributed by atoms with Crippen molar-refractivity contribution in [2.75, 3.05) is 47.5 Å². The number of quaternary nitrogens is 1. The minimum Gasteiger partial charge on any atom is -0.756 e. The maximum atomic E-state index is 11.6. The second-order valence-corrected chi connectivity index (χ2v) is 8.11. The Hall–Kier alpha value is -0.500. The highest BCUT2D eigenvalue weighted by Crippen LogP contribution is 2.38. The van der Waals surface area contributed by atoms with Gasteiger partial charge in [0.25, 0.3) is 7.82 Å². The van der Waals surface area contributed by atoms with Gasteiger partial charge in [0.1, 0.15) is 19.3 Å². The summed E-state index contributed by atoms with van der Waals surface area (Å²) in [7, 11) is 1.23. The average molecular weight is 369 g/mol. The van der Waals surface area contributed by atoms with E-state index in [4.69, 9.17) is 9.26 Å². The largest absolute Gasteiger partial charge is 0.756 e. The van der Waals surface area contributed by atoms with Crippen molar-refractivity contribution in [2.24, 2.45) is 0 Å². The van der Waals surface area contributed by atoms with Gasteiger partial charge in [0.2, 0.25) is 0 Å². The van der Waals surface area contributed by atoms with Crippen molar-refractivity contribution < 1.29 is 37.6 Å². The predicted molar refractivity (Wildman–Crippen MR) is 88.1 cm³/mol. The molecule has 8 nitrogen and oxygen atoms in total. The molecule has 9 heteroatoms. The quantitative estimate of drug-likeness (QED) is 0.211. The molecule has 0 radical (unpaired) electrons. The van der Waals surface area contributed by atoms with Crippen molar-refractivity contribution in [3.8, 4) is 0 Å². The van der Waals surface area contributed by atoms with Crippen LogP contribution >= 0.6 is 7.82 Å². The standard InChI is InChI=1S/C15H32NO7P/c1-5-6-7-8-9-15(18)23-14(12-17)13-22-24(19,20)21-11-10-16(2,3)4/h14,17H,5-13H2,1-4H3. The monoisotopic (exact) mass is 369 g/mol. The number of hydrogen-bond acceptors (Lipinski definition) is 7. The minimum atomic E-state index is -4.48. The molecule has 0 aromatic carbocycles. The average Bonchev–Trinajstić information content (AvgIpc) is 2.46. The zero-order chi connectivity index (χ0) is 18.6. The molecule has 0 amide bonds. The van der Waals surface area contributed by atoms with E-state index in [1.54, 1.807) is 0 Å². The molecule has 0 saturated heterocycles. The number of aliphatic hydroxyl groups excluding tert-OH is 1. The number of ether oxygens (including phenoxy) is 1. The Morgan fingerprint density at radius 2 is 1.88 bits per heavy atom. The van der Waals surface area contributed by atoms with Crippen LogP contribution in [-0.4, -0.2) is 69.2 Å². The Labute approximate surface area is 144 Å². The van der Waals surface area contributed by atoms with Gasteiger partial charge in [0.05, 0.1) is 34.4 Å². The number of aliphatic hydroxyl groups is 1. The van der Waals surface area contributed by atoms with Gasteiger partial charge in [-0.3, -0.25) is 9.36 Å². The number of esters is 1. The molecule has 0 bridgehead atoms. The number of carbonyl (C=O) groups excluding carboxylic acids is 1. The van der Waals surface area contributed by atoms with E-state index in [1.165, 1.54) is 0 Å². The third-order valence-corrected chi connectivity index (χ3v) is 4.13. The van der Waals surface area contributed by atoms with Gasteiger partial charge in [-0.1, -0.05) is 26.2 Å². The first-order valence-electron chi connectivity index (χ1n) is 8.30. The molecule has 0 aliphatic heterocycles. The number of hydrogen-bond donors (Lipinski definition) is 1. The first-order chi connectivity index (χ1) is 11.1. The highest BCUT2D eigenvalue weighted by Gasteiger charge is 2.19. The van der Waals surface area contributed by atoms with E-state index in [0.29, 0.717) is 17.4 Å². The third-order valence-electron chi connectivity index (χ3n) is 3.17. The number of nitrogens with zero attached hydrogens (tertiary/aromatic N) is 1. The molecule has 0 aromatic rings. The second-order valence-electron chi connectivity index (χ2n) is 6.70. The Balaban J connectivity index is 4.09. The van der Waals surface area contributed by atoms with Gasteiger partial charge in [-0.05, 0) is 6.42 Å². The lowest BCUT2D eigenvalue weighted by atomic mass is 10.1. The van der Waals surface area contributed by atoms with Crippen molar-refractivity contribution in [2.45, 2.75) is 45.1 Å². The summed E-state index contributed by atoms with van der Waals surface area (Å²) >= 11 is 0. The number of carbonyl (C=O) groups is 1. The number of phosphoric ester groups is 1. The Morgan fingerprint density at radius 1 is 1.21 bits per heavy atom. The summed E-state index contributed by atoms with van der Waals surface area (Å²) in [5.41, 5.74) is 0. The van der Waals surface area contributed by atoms with Crippen LogP contribution in [0.1, 0.15) is 39.0 Å². The van der Waals surface area contributed by atoms with E-state index in [2.05, 4.69) is 11.4 Å². The molecule has 1 N–H and O–H groups in total. The molecule has 0 saturated carbocycles. The van der Waals surface area contributed by atoms with Crippen molar-refractivity contribution >= 4 is 13.8 Å². The molecule has 0 heterocycles. The lowest BCUT2D eigenvalue weighted by molar-refractivity contribution is -0.870. The molecule has 0 spiro atoms. The van der Waals surface area contributed by atoms with Crippen molar-refractivity contribution in [3.63, 3.8) is 0 Å². The van der Waals surface area contributed by atoms with Gasteiger partial charge in [0, 0.05) is 6.42 Å². The first-order valence-corrected chi connectivity index (χ1v) is 9.76. The van der Waals surface area contributed by atoms with Crippen LogP contribution in [0.25, 0.3) is 0 Å². The molecule has 0 rings (SSSR count). The van der Waals surface area contributed by atoms with E-state index in [0.717, 1.165) is 19.3 Å². The molecular formula is C15H32NO7P. The molecule has 0 fully saturated rings. The Kier molecular flexibility index (Phi) is 11.7. The normalized spacial score (nSPS) is 15.8. The third kappa shape index (κ3) is 13.9. The SMILES string of the molecule is CCCCCCC(=O)OC(CO)COP(=O)([O-])OCC[N+](C)(C)C. The summed E-state index contributed by atoms with van der Waals surface area (Å²) in [6, 6.07) is 0. The Bertz CT molecular complexity index is 398. The van der Waals surface area contributed by atoms with Crippen LogP contribution in [0.15, 0.2) is 0 Å². The van der Waals surface area contributed by atoms with Crippen molar-refractivity contribution in [1.29, 1.82) is 0 Å². The number of rotatable bonds is 14. The van der Waals surface area contributed by atoms with E-state index < -0.39 is 33.1 Å². The molecule has 0 aliphatic rings. The van der Waals surface area contributed by atoms with Crippen molar-refractivity contribution in [1.82, 2.24) is 0 Å². The predicted octanol–water partition coefficient (Wildman–Crippen LogP) is 1.07. The lowest BCUT2D eigenvalue weighted by Crippen LogP contribution is -2.37. The molecule has 2 atom stereocenters.